The summed E-state index contributed by atoms with van der Waals surface area (Å²) in [6.45, 7) is 2.20. The number of hydrogen-bond donors (Lipinski definition) is 1. The van der Waals surface area contributed by atoms with Crippen molar-refractivity contribution in [2.75, 3.05) is 13.1 Å². The summed E-state index contributed by atoms with van der Waals surface area (Å²) in [6.07, 6.45) is 5.91. The van der Waals surface area contributed by atoms with Gasteiger partial charge in [0.1, 0.15) is 5.60 Å². The number of piperidine rings is 1. The van der Waals surface area contributed by atoms with E-state index >= 15 is 0 Å². The predicted molar refractivity (Wildman–Crippen MR) is 68.6 cm³/mol. The average molecular weight is 300 g/mol. The van der Waals surface area contributed by atoms with E-state index in [-0.39, 0.29) is 0 Å². The molecule has 1 aromatic rings. The van der Waals surface area contributed by atoms with Gasteiger partial charge in [0, 0.05) is 19.6 Å². The zero-order valence-corrected chi connectivity index (χ0v) is 11.7. The van der Waals surface area contributed by atoms with E-state index < -0.39 is 5.60 Å². The first-order valence-electron chi connectivity index (χ1n) is 6.24. The van der Waals surface area contributed by atoms with E-state index in [0.717, 1.165) is 29.6 Å². The summed E-state index contributed by atoms with van der Waals surface area (Å²) in [5, 5.41) is 15.1. The average Bonchev–Trinajstić information content (AvgIpc) is 2.85. The van der Waals surface area contributed by atoms with Crippen LogP contribution in [0.25, 0.3) is 0 Å². The molecule has 2 fully saturated rings. The number of hydrogen-bond acceptors (Lipinski definition) is 3. The highest BCUT2D eigenvalue weighted by molar-refractivity contribution is 9.10. The maximum absolute atomic E-state index is 10.9. The van der Waals surface area contributed by atoms with Crippen LogP contribution in [-0.4, -0.2) is 38.9 Å². The fraction of sp³-hybridized carbons (Fsp3) is 0.750. The van der Waals surface area contributed by atoms with Crippen molar-refractivity contribution in [3.63, 3.8) is 0 Å². The van der Waals surface area contributed by atoms with Gasteiger partial charge in [0.15, 0.2) is 0 Å². The zero-order chi connectivity index (χ0) is 12.0. The van der Waals surface area contributed by atoms with Crippen LogP contribution in [0.3, 0.4) is 0 Å². The summed E-state index contributed by atoms with van der Waals surface area (Å²) in [4.78, 5) is 2.51. The third kappa shape index (κ3) is 1.84. The van der Waals surface area contributed by atoms with Gasteiger partial charge in [0.25, 0.3) is 0 Å². The molecule has 0 radical (unpaired) electrons. The number of aliphatic hydroxyl groups is 1. The minimum atomic E-state index is -0.713. The fourth-order valence-electron chi connectivity index (χ4n) is 3.39. The molecule has 2 aliphatic heterocycles. The minimum absolute atomic E-state index is 0.551. The van der Waals surface area contributed by atoms with E-state index in [1.807, 2.05) is 7.05 Å². The van der Waals surface area contributed by atoms with Crippen molar-refractivity contribution in [1.82, 2.24) is 14.7 Å². The van der Waals surface area contributed by atoms with Gasteiger partial charge in [-0.15, -0.1) is 0 Å². The third-order valence-electron chi connectivity index (χ3n) is 4.22. The molecule has 0 aromatic carbocycles. The molecular formula is C12H18BrN3O. The lowest BCUT2D eigenvalue weighted by atomic mass is 9.84. The van der Waals surface area contributed by atoms with Crippen molar-refractivity contribution in [3.05, 3.63) is 16.4 Å². The topological polar surface area (TPSA) is 41.3 Å². The molecule has 0 aliphatic carbocycles. The van der Waals surface area contributed by atoms with Gasteiger partial charge in [-0.2, -0.15) is 5.10 Å². The Morgan fingerprint density at radius 2 is 2.35 bits per heavy atom. The van der Waals surface area contributed by atoms with Gasteiger partial charge in [0.05, 0.1) is 16.4 Å². The standard InChI is InChI=1S/C12H18BrN3O/c1-15-11(10(13)8-14-15)12(17)4-6-16-5-2-3-9(16)7-12/h8-9,17H,2-7H2,1H3. The second kappa shape index (κ2) is 4.07. The normalized spacial score (nSPS) is 33.9. The quantitative estimate of drug-likeness (QED) is 0.857. The highest BCUT2D eigenvalue weighted by atomic mass is 79.9. The lowest BCUT2D eigenvalue weighted by Crippen LogP contribution is -2.46. The number of aromatic nitrogens is 2. The second-order valence-corrected chi connectivity index (χ2v) is 6.14. The van der Waals surface area contributed by atoms with Crippen molar-refractivity contribution in [1.29, 1.82) is 0 Å². The number of aryl methyl sites for hydroxylation is 1. The van der Waals surface area contributed by atoms with Crippen LogP contribution < -0.4 is 0 Å². The van der Waals surface area contributed by atoms with Crippen molar-refractivity contribution >= 4 is 15.9 Å². The highest BCUT2D eigenvalue weighted by Gasteiger charge is 2.43. The number of halogens is 1. The number of nitrogens with zero attached hydrogens (tertiary/aromatic N) is 3. The van der Waals surface area contributed by atoms with Crippen LogP contribution in [0.1, 0.15) is 31.4 Å². The Morgan fingerprint density at radius 1 is 1.53 bits per heavy atom. The Hall–Kier alpha value is -0.390. The molecule has 0 amide bonds. The van der Waals surface area contributed by atoms with Crippen molar-refractivity contribution in [3.8, 4) is 0 Å². The fourth-order valence-corrected chi connectivity index (χ4v) is 4.11. The van der Waals surface area contributed by atoms with E-state index in [2.05, 4.69) is 25.9 Å². The Labute approximate surface area is 110 Å². The molecule has 2 saturated heterocycles. The molecule has 1 N–H and O–H groups in total. The SMILES string of the molecule is Cn1ncc(Br)c1C1(O)CCN2CCCC2C1. The molecule has 1 aromatic heterocycles. The van der Waals surface area contributed by atoms with Gasteiger partial charge in [-0.25, -0.2) is 0 Å². The van der Waals surface area contributed by atoms with Gasteiger partial charge in [-0.1, -0.05) is 0 Å². The number of rotatable bonds is 1. The van der Waals surface area contributed by atoms with E-state index in [9.17, 15) is 5.11 Å². The molecule has 4 nitrogen and oxygen atoms in total. The molecule has 0 bridgehead atoms. The molecule has 2 atom stereocenters. The summed E-state index contributed by atoms with van der Waals surface area (Å²) in [6, 6.07) is 0.551. The van der Waals surface area contributed by atoms with Crippen LogP contribution >= 0.6 is 15.9 Å². The minimum Gasteiger partial charge on any atom is -0.383 e. The molecule has 3 rings (SSSR count). The van der Waals surface area contributed by atoms with Crippen molar-refractivity contribution in [2.24, 2.45) is 7.05 Å². The van der Waals surface area contributed by atoms with Crippen LogP contribution in [0, 0.1) is 0 Å². The lowest BCUT2D eigenvalue weighted by molar-refractivity contribution is -0.0471. The van der Waals surface area contributed by atoms with Crippen LogP contribution in [0.5, 0.6) is 0 Å². The monoisotopic (exact) mass is 299 g/mol. The Balaban J connectivity index is 1.91. The van der Waals surface area contributed by atoms with Crippen molar-refractivity contribution in [2.45, 2.75) is 37.3 Å². The van der Waals surface area contributed by atoms with Gasteiger partial charge in [-0.05, 0) is 48.2 Å². The van der Waals surface area contributed by atoms with Gasteiger partial charge < -0.3 is 10.0 Å². The summed E-state index contributed by atoms with van der Waals surface area (Å²) >= 11 is 3.50. The zero-order valence-electron chi connectivity index (χ0n) is 10.1. The van der Waals surface area contributed by atoms with Crippen molar-refractivity contribution < 1.29 is 5.11 Å². The predicted octanol–water partition coefficient (Wildman–Crippen LogP) is 1.63. The molecule has 0 saturated carbocycles. The lowest BCUT2D eigenvalue weighted by Gasteiger charge is -2.41. The molecule has 17 heavy (non-hydrogen) atoms. The maximum atomic E-state index is 10.9. The van der Waals surface area contributed by atoms with Crippen LogP contribution in [0.4, 0.5) is 0 Å². The smallest absolute Gasteiger partial charge is 0.110 e. The summed E-state index contributed by atoms with van der Waals surface area (Å²) in [5.74, 6) is 0. The van der Waals surface area contributed by atoms with Crippen LogP contribution in [-0.2, 0) is 12.6 Å². The molecule has 2 aliphatic rings. The second-order valence-electron chi connectivity index (χ2n) is 5.28. The molecule has 5 heteroatoms. The van der Waals surface area contributed by atoms with Crippen LogP contribution in [0.15, 0.2) is 10.7 Å². The highest BCUT2D eigenvalue weighted by Crippen LogP contribution is 2.41. The molecule has 3 heterocycles. The Bertz CT molecular complexity index is 414. The first kappa shape index (κ1) is 11.7. The van der Waals surface area contributed by atoms with E-state index in [1.165, 1.54) is 19.4 Å². The molecule has 2 unspecified atom stereocenters. The summed E-state index contributed by atoms with van der Waals surface area (Å²) in [5.41, 5.74) is 0.222. The maximum Gasteiger partial charge on any atom is 0.110 e. The summed E-state index contributed by atoms with van der Waals surface area (Å²) < 4.78 is 2.73. The molecular weight excluding hydrogens is 282 g/mol. The van der Waals surface area contributed by atoms with Crippen LogP contribution in [0.2, 0.25) is 0 Å². The summed E-state index contributed by atoms with van der Waals surface area (Å²) in [7, 11) is 1.90. The van der Waals surface area contributed by atoms with Gasteiger partial charge >= 0.3 is 0 Å². The first-order valence-corrected chi connectivity index (χ1v) is 7.04. The Kier molecular flexibility index (Phi) is 2.80. The molecule has 94 valence electrons. The van der Waals surface area contributed by atoms with E-state index in [0.29, 0.717) is 6.04 Å². The molecule has 0 spiro atoms. The largest absolute Gasteiger partial charge is 0.383 e. The first-order chi connectivity index (χ1) is 8.10. The van der Waals surface area contributed by atoms with E-state index in [4.69, 9.17) is 0 Å². The Morgan fingerprint density at radius 3 is 3.06 bits per heavy atom. The number of fused-ring (bicyclic) bond motifs is 1. The van der Waals surface area contributed by atoms with Gasteiger partial charge in [0.2, 0.25) is 0 Å². The third-order valence-corrected chi connectivity index (χ3v) is 4.80. The van der Waals surface area contributed by atoms with E-state index in [1.54, 1.807) is 10.9 Å². The van der Waals surface area contributed by atoms with Gasteiger partial charge in [-0.3, -0.25) is 4.68 Å².